The van der Waals surface area contributed by atoms with Crippen molar-refractivity contribution in [3.63, 3.8) is 0 Å². The zero-order chi connectivity index (χ0) is 15.9. The van der Waals surface area contributed by atoms with E-state index in [2.05, 4.69) is 21.7 Å². The molecule has 2 rings (SSSR count). The van der Waals surface area contributed by atoms with Crippen LogP contribution in [0.15, 0.2) is 18.5 Å². The number of aromatic nitrogens is 1. The van der Waals surface area contributed by atoms with Crippen LogP contribution in [0.4, 0.5) is 0 Å². The molecule has 122 valence electrons. The third kappa shape index (κ3) is 4.50. The third-order valence-electron chi connectivity index (χ3n) is 4.42. The molecule has 1 fully saturated rings. The number of carboxylic acids is 1. The first-order valence-corrected chi connectivity index (χ1v) is 7.85. The topological polar surface area (TPSA) is 76.9 Å². The number of aromatic carboxylic acids is 1. The molecule has 1 unspecified atom stereocenters. The van der Waals surface area contributed by atoms with E-state index in [1.54, 1.807) is 12.3 Å². The van der Waals surface area contributed by atoms with E-state index in [0.29, 0.717) is 11.6 Å². The molecule has 2 heterocycles. The van der Waals surface area contributed by atoms with Gasteiger partial charge in [0.2, 0.25) is 0 Å². The number of β-amino-alcohol motifs (C(OH)–C–C–N with tert-alkyl or cyclic N) is 1. The number of aliphatic hydroxyl groups excluding tert-OH is 1. The van der Waals surface area contributed by atoms with Crippen LogP contribution in [0, 0.1) is 0 Å². The third-order valence-corrected chi connectivity index (χ3v) is 4.42. The van der Waals surface area contributed by atoms with Crippen LogP contribution in [-0.4, -0.2) is 76.3 Å². The molecule has 1 aromatic rings. The van der Waals surface area contributed by atoms with Crippen LogP contribution in [0.25, 0.3) is 0 Å². The first-order chi connectivity index (χ1) is 10.6. The lowest BCUT2D eigenvalue weighted by atomic mass is 10.0. The fraction of sp³-hybridized carbons (Fsp3) is 0.625. The van der Waals surface area contributed by atoms with Crippen LogP contribution in [-0.2, 0) is 6.42 Å². The summed E-state index contributed by atoms with van der Waals surface area (Å²) in [5.41, 5.74) is 1.16. The van der Waals surface area contributed by atoms with Crippen LogP contribution in [0.2, 0.25) is 0 Å². The molecule has 2 N–H and O–H groups in total. The van der Waals surface area contributed by atoms with E-state index in [1.165, 1.54) is 6.20 Å². The molecule has 1 aliphatic rings. The highest BCUT2D eigenvalue weighted by Crippen LogP contribution is 2.15. The van der Waals surface area contributed by atoms with Crippen molar-refractivity contribution in [3.8, 4) is 0 Å². The van der Waals surface area contributed by atoms with Crippen molar-refractivity contribution in [2.24, 2.45) is 0 Å². The molecule has 1 saturated heterocycles. The summed E-state index contributed by atoms with van der Waals surface area (Å²) >= 11 is 0. The summed E-state index contributed by atoms with van der Waals surface area (Å²) in [5.74, 6) is -0.909. The van der Waals surface area contributed by atoms with Crippen molar-refractivity contribution in [1.82, 2.24) is 14.8 Å². The average molecular weight is 307 g/mol. The van der Waals surface area contributed by atoms with E-state index in [0.717, 1.165) is 51.1 Å². The molecule has 6 heteroatoms. The van der Waals surface area contributed by atoms with Crippen LogP contribution >= 0.6 is 0 Å². The molecule has 1 aliphatic heterocycles. The van der Waals surface area contributed by atoms with Crippen molar-refractivity contribution >= 4 is 5.97 Å². The Morgan fingerprint density at radius 1 is 1.36 bits per heavy atom. The number of hydrogen-bond acceptors (Lipinski definition) is 5. The van der Waals surface area contributed by atoms with Crippen LogP contribution in [0.1, 0.15) is 29.3 Å². The van der Waals surface area contributed by atoms with E-state index in [9.17, 15) is 9.90 Å². The van der Waals surface area contributed by atoms with Gasteiger partial charge in [0.05, 0.1) is 12.2 Å². The van der Waals surface area contributed by atoms with Gasteiger partial charge in [-0.25, -0.2) is 4.79 Å². The van der Waals surface area contributed by atoms with Gasteiger partial charge in [-0.05, 0) is 31.4 Å². The van der Waals surface area contributed by atoms with Gasteiger partial charge >= 0.3 is 5.97 Å². The number of pyridine rings is 1. The summed E-state index contributed by atoms with van der Waals surface area (Å²) in [4.78, 5) is 19.8. The maximum absolute atomic E-state index is 11.2. The molecular weight excluding hydrogens is 282 g/mol. The summed E-state index contributed by atoms with van der Waals surface area (Å²) in [6.45, 7) is 7.15. The van der Waals surface area contributed by atoms with E-state index in [4.69, 9.17) is 5.11 Å². The second kappa shape index (κ2) is 8.22. The zero-order valence-electron chi connectivity index (χ0n) is 13.1. The van der Waals surface area contributed by atoms with Gasteiger partial charge in [0.25, 0.3) is 0 Å². The summed E-state index contributed by atoms with van der Waals surface area (Å²) in [7, 11) is 0. The highest BCUT2D eigenvalue weighted by atomic mass is 16.4. The number of carbonyl (C=O) groups is 1. The Labute approximate surface area is 131 Å². The van der Waals surface area contributed by atoms with Gasteiger partial charge in [-0.1, -0.05) is 0 Å². The highest BCUT2D eigenvalue weighted by Gasteiger charge is 2.21. The highest BCUT2D eigenvalue weighted by molar-refractivity contribution is 5.88. The Kier molecular flexibility index (Phi) is 6.30. The fourth-order valence-electron chi connectivity index (χ4n) is 2.95. The molecule has 22 heavy (non-hydrogen) atoms. The smallest absolute Gasteiger partial charge is 0.337 e. The molecular formula is C16H25N3O3. The van der Waals surface area contributed by atoms with Gasteiger partial charge in [0, 0.05) is 51.2 Å². The molecule has 6 nitrogen and oxygen atoms in total. The zero-order valence-corrected chi connectivity index (χ0v) is 13.1. The van der Waals surface area contributed by atoms with Crippen molar-refractivity contribution in [1.29, 1.82) is 0 Å². The van der Waals surface area contributed by atoms with Crippen LogP contribution in [0.3, 0.4) is 0 Å². The number of aliphatic hydroxyl groups is 1. The largest absolute Gasteiger partial charge is 0.478 e. The monoisotopic (exact) mass is 307 g/mol. The van der Waals surface area contributed by atoms with Gasteiger partial charge in [0.1, 0.15) is 0 Å². The summed E-state index contributed by atoms with van der Waals surface area (Å²) < 4.78 is 0. The van der Waals surface area contributed by atoms with Crippen LogP contribution in [0.5, 0.6) is 0 Å². The number of piperazine rings is 1. The molecule has 0 aromatic carbocycles. The Balaban J connectivity index is 1.83. The first-order valence-electron chi connectivity index (χ1n) is 7.85. The normalized spacial score (nSPS) is 18.3. The molecule has 0 spiro atoms. The standard InChI is InChI=1S/C16H25N3O3/c1-13(19-8-6-18(7-9-19)10-11-20)2-3-14-4-5-17-12-15(14)16(21)22/h4-5,12-13,20H,2-3,6-11H2,1H3,(H,21,22). The fourth-order valence-corrected chi connectivity index (χ4v) is 2.95. The van der Waals surface area contributed by atoms with Gasteiger partial charge in [-0.15, -0.1) is 0 Å². The number of carboxylic acid groups (broad SMARTS) is 1. The minimum Gasteiger partial charge on any atom is -0.478 e. The van der Waals surface area contributed by atoms with Crippen molar-refractivity contribution in [3.05, 3.63) is 29.6 Å². The van der Waals surface area contributed by atoms with E-state index in [1.807, 2.05) is 0 Å². The SMILES string of the molecule is CC(CCc1ccncc1C(=O)O)N1CCN(CCO)CC1. The van der Waals surface area contributed by atoms with Gasteiger partial charge in [-0.3, -0.25) is 14.8 Å². The van der Waals surface area contributed by atoms with Crippen LogP contribution < -0.4 is 0 Å². The molecule has 1 aromatic heterocycles. The van der Waals surface area contributed by atoms with E-state index in [-0.39, 0.29) is 6.61 Å². The first kappa shape index (κ1) is 16.9. The molecule has 0 amide bonds. The molecule has 0 radical (unpaired) electrons. The van der Waals surface area contributed by atoms with Gasteiger partial charge in [-0.2, -0.15) is 0 Å². The maximum Gasteiger partial charge on any atom is 0.337 e. The lowest BCUT2D eigenvalue weighted by molar-refractivity contribution is 0.0694. The number of aryl methyl sites for hydroxylation is 1. The lowest BCUT2D eigenvalue weighted by Gasteiger charge is -2.38. The predicted octanol–water partition coefficient (Wildman–Crippen LogP) is 0.711. The summed E-state index contributed by atoms with van der Waals surface area (Å²) in [6, 6.07) is 2.22. The lowest BCUT2D eigenvalue weighted by Crippen LogP contribution is -2.50. The van der Waals surface area contributed by atoms with E-state index >= 15 is 0 Å². The number of hydrogen-bond donors (Lipinski definition) is 2. The minimum absolute atomic E-state index is 0.218. The Bertz CT molecular complexity index is 487. The molecule has 1 atom stereocenters. The Morgan fingerprint density at radius 3 is 2.73 bits per heavy atom. The van der Waals surface area contributed by atoms with Gasteiger partial charge < -0.3 is 10.2 Å². The Morgan fingerprint density at radius 2 is 2.09 bits per heavy atom. The minimum atomic E-state index is -0.909. The average Bonchev–Trinajstić information content (AvgIpc) is 2.54. The molecule has 0 bridgehead atoms. The number of nitrogens with zero attached hydrogens (tertiary/aromatic N) is 3. The number of rotatable bonds is 7. The molecule has 0 aliphatic carbocycles. The second-order valence-electron chi connectivity index (χ2n) is 5.83. The quantitative estimate of drug-likeness (QED) is 0.772. The summed E-state index contributed by atoms with van der Waals surface area (Å²) in [5, 5.41) is 18.1. The van der Waals surface area contributed by atoms with Crippen molar-refractivity contribution < 1.29 is 15.0 Å². The maximum atomic E-state index is 11.2. The Hall–Kier alpha value is -1.50. The van der Waals surface area contributed by atoms with E-state index < -0.39 is 5.97 Å². The summed E-state index contributed by atoms with van der Waals surface area (Å²) in [6.07, 6.45) is 4.77. The second-order valence-corrected chi connectivity index (χ2v) is 5.83. The predicted molar refractivity (Wildman–Crippen MR) is 84.1 cm³/mol. The van der Waals surface area contributed by atoms with Gasteiger partial charge in [0.15, 0.2) is 0 Å². The van der Waals surface area contributed by atoms with Crippen molar-refractivity contribution in [2.45, 2.75) is 25.8 Å². The van der Waals surface area contributed by atoms with Crippen molar-refractivity contribution in [2.75, 3.05) is 39.3 Å². The molecule has 0 saturated carbocycles.